The predicted molar refractivity (Wildman–Crippen MR) is 100 cm³/mol. The average molecular weight is 385 g/mol. The number of esters is 1. The van der Waals surface area contributed by atoms with Gasteiger partial charge in [-0.15, -0.1) is 0 Å². The normalized spacial score (nSPS) is 16.5. The molecule has 9 heteroatoms. The van der Waals surface area contributed by atoms with Gasteiger partial charge in [0.1, 0.15) is 12.2 Å². The third kappa shape index (κ3) is 4.93. The molecule has 0 unspecified atom stereocenters. The number of rotatable bonds is 6. The van der Waals surface area contributed by atoms with Crippen molar-refractivity contribution in [1.29, 1.82) is 0 Å². The van der Waals surface area contributed by atoms with E-state index in [0.29, 0.717) is 31.1 Å². The van der Waals surface area contributed by atoms with E-state index in [2.05, 4.69) is 15.4 Å². The number of hydrogen-bond acceptors (Lipinski definition) is 6. The zero-order valence-corrected chi connectivity index (χ0v) is 15.7. The standard InChI is InChI=1S/C19H23N5O4/c1-2-28-19(27)14-6-5-9-23(11-14)17(25)13-24-12-15(10-21-24)22-18(26)16-7-3-4-8-20-16/h3-4,7-8,10,12,14H,2,5-6,9,11,13H2,1H3,(H,22,26)/t14-/m0/s1. The number of hydrogen-bond donors (Lipinski definition) is 1. The molecule has 0 spiro atoms. The lowest BCUT2D eigenvalue weighted by Crippen LogP contribution is -2.44. The number of aromatic nitrogens is 3. The van der Waals surface area contributed by atoms with E-state index < -0.39 is 0 Å². The van der Waals surface area contributed by atoms with Gasteiger partial charge in [-0.05, 0) is 31.9 Å². The first-order valence-corrected chi connectivity index (χ1v) is 9.26. The highest BCUT2D eigenvalue weighted by Gasteiger charge is 2.29. The minimum atomic E-state index is -0.347. The first-order chi connectivity index (χ1) is 13.6. The van der Waals surface area contributed by atoms with Gasteiger partial charge >= 0.3 is 5.97 Å². The topological polar surface area (TPSA) is 106 Å². The Morgan fingerprint density at radius 2 is 2.18 bits per heavy atom. The van der Waals surface area contributed by atoms with E-state index in [1.165, 1.54) is 10.9 Å². The lowest BCUT2D eigenvalue weighted by Gasteiger charge is -2.31. The maximum atomic E-state index is 12.6. The zero-order chi connectivity index (χ0) is 19.9. The fourth-order valence-corrected chi connectivity index (χ4v) is 3.10. The van der Waals surface area contributed by atoms with Crippen molar-refractivity contribution in [3.05, 3.63) is 42.5 Å². The second kappa shape index (κ2) is 9.12. The minimum Gasteiger partial charge on any atom is -0.466 e. The largest absolute Gasteiger partial charge is 0.466 e. The maximum absolute atomic E-state index is 12.6. The minimum absolute atomic E-state index is 0.0367. The van der Waals surface area contributed by atoms with Crippen LogP contribution in [0.5, 0.6) is 0 Å². The Labute approximate surface area is 162 Å². The van der Waals surface area contributed by atoms with E-state index in [0.717, 1.165) is 12.8 Å². The van der Waals surface area contributed by atoms with Crippen molar-refractivity contribution in [2.75, 3.05) is 25.0 Å². The van der Waals surface area contributed by atoms with Crippen molar-refractivity contribution in [2.24, 2.45) is 5.92 Å². The van der Waals surface area contributed by atoms with Crippen LogP contribution in [0.3, 0.4) is 0 Å². The second-order valence-electron chi connectivity index (χ2n) is 6.53. The summed E-state index contributed by atoms with van der Waals surface area (Å²) in [7, 11) is 0. The number of anilines is 1. The number of piperidine rings is 1. The number of carbonyl (C=O) groups is 3. The molecule has 1 aliphatic rings. The molecular formula is C19H23N5O4. The van der Waals surface area contributed by atoms with Crippen molar-refractivity contribution < 1.29 is 19.1 Å². The Balaban J connectivity index is 1.55. The monoisotopic (exact) mass is 385 g/mol. The summed E-state index contributed by atoms with van der Waals surface area (Å²) in [4.78, 5) is 42.3. The highest BCUT2D eigenvalue weighted by Crippen LogP contribution is 2.18. The quantitative estimate of drug-likeness (QED) is 0.752. The predicted octanol–water partition coefficient (Wildman–Crippen LogP) is 1.33. The van der Waals surface area contributed by atoms with E-state index in [4.69, 9.17) is 4.74 Å². The molecule has 1 N–H and O–H groups in total. The van der Waals surface area contributed by atoms with Crippen molar-refractivity contribution in [3.63, 3.8) is 0 Å². The summed E-state index contributed by atoms with van der Waals surface area (Å²) in [5, 5.41) is 6.82. The van der Waals surface area contributed by atoms with Crippen LogP contribution in [0.4, 0.5) is 5.69 Å². The summed E-state index contributed by atoms with van der Waals surface area (Å²) in [5.74, 6) is -0.999. The van der Waals surface area contributed by atoms with E-state index >= 15 is 0 Å². The third-order valence-electron chi connectivity index (χ3n) is 4.48. The van der Waals surface area contributed by atoms with Gasteiger partial charge in [0.15, 0.2) is 0 Å². The molecule has 0 aliphatic carbocycles. The van der Waals surface area contributed by atoms with Crippen molar-refractivity contribution >= 4 is 23.5 Å². The summed E-state index contributed by atoms with van der Waals surface area (Å²) in [5.41, 5.74) is 0.774. The molecule has 1 saturated heterocycles. The van der Waals surface area contributed by atoms with Crippen LogP contribution in [-0.2, 0) is 20.9 Å². The number of amides is 2. The molecule has 2 aromatic rings. The van der Waals surface area contributed by atoms with Gasteiger partial charge in [-0.25, -0.2) is 0 Å². The lowest BCUT2D eigenvalue weighted by molar-refractivity contribution is -0.151. The van der Waals surface area contributed by atoms with Gasteiger partial charge < -0.3 is 15.0 Å². The molecule has 0 bridgehead atoms. The number of nitrogens with zero attached hydrogens (tertiary/aromatic N) is 4. The van der Waals surface area contributed by atoms with Gasteiger partial charge in [0.2, 0.25) is 5.91 Å². The zero-order valence-electron chi connectivity index (χ0n) is 15.7. The van der Waals surface area contributed by atoms with Crippen LogP contribution in [0, 0.1) is 5.92 Å². The molecule has 0 radical (unpaired) electrons. The van der Waals surface area contributed by atoms with Crippen molar-refractivity contribution in [1.82, 2.24) is 19.7 Å². The van der Waals surface area contributed by atoms with Gasteiger partial charge in [0.05, 0.1) is 24.4 Å². The summed E-state index contributed by atoms with van der Waals surface area (Å²) >= 11 is 0. The van der Waals surface area contributed by atoms with Crippen molar-refractivity contribution in [2.45, 2.75) is 26.3 Å². The number of likely N-dealkylation sites (tertiary alicyclic amines) is 1. The average Bonchev–Trinajstić information content (AvgIpc) is 3.15. The second-order valence-corrected chi connectivity index (χ2v) is 6.53. The lowest BCUT2D eigenvalue weighted by atomic mass is 9.98. The molecule has 3 rings (SSSR count). The Morgan fingerprint density at radius 3 is 2.93 bits per heavy atom. The van der Waals surface area contributed by atoms with Crippen LogP contribution in [0.1, 0.15) is 30.3 Å². The van der Waals surface area contributed by atoms with Crippen LogP contribution in [0.25, 0.3) is 0 Å². The summed E-state index contributed by atoms with van der Waals surface area (Å²) in [6.45, 7) is 3.12. The van der Waals surface area contributed by atoms with Crippen molar-refractivity contribution in [3.8, 4) is 0 Å². The molecular weight excluding hydrogens is 362 g/mol. The van der Waals surface area contributed by atoms with Gasteiger partial charge in [-0.1, -0.05) is 6.07 Å². The van der Waals surface area contributed by atoms with Crippen LogP contribution >= 0.6 is 0 Å². The Bertz CT molecular complexity index is 836. The molecule has 28 heavy (non-hydrogen) atoms. The molecule has 3 heterocycles. The highest BCUT2D eigenvalue weighted by molar-refractivity contribution is 6.02. The Kier molecular flexibility index (Phi) is 6.36. The molecule has 2 aromatic heterocycles. The molecule has 2 amide bonds. The van der Waals surface area contributed by atoms with Crippen LogP contribution in [-0.4, -0.2) is 57.1 Å². The molecule has 1 atom stereocenters. The van der Waals surface area contributed by atoms with Gasteiger partial charge in [-0.2, -0.15) is 5.10 Å². The van der Waals surface area contributed by atoms with Crippen LogP contribution < -0.4 is 5.32 Å². The third-order valence-corrected chi connectivity index (χ3v) is 4.48. The van der Waals surface area contributed by atoms with Gasteiger partial charge in [0, 0.05) is 25.5 Å². The van der Waals surface area contributed by atoms with E-state index in [9.17, 15) is 14.4 Å². The van der Waals surface area contributed by atoms with E-state index in [-0.39, 0.29) is 30.2 Å². The maximum Gasteiger partial charge on any atom is 0.310 e. The number of carbonyl (C=O) groups excluding carboxylic acids is 3. The van der Waals surface area contributed by atoms with E-state index in [1.54, 1.807) is 42.4 Å². The molecule has 1 aliphatic heterocycles. The molecule has 0 saturated carbocycles. The molecule has 9 nitrogen and oxygen atoms in total. The smallest absolute Gasteiger partial charge is 0.310 e. The van der Waals surface area contributed by atoms with Gasteiger partial charge in [0.25, 0.3) is 5.91 Å². The van der Waals surface area contributed by atoms with Crippen LogP contribution in [0.2, 0.25) is 0 Å². The first kappa shape index (κ1) is 19.5. The summed E-state index contributed by atoms with van der Waals surface area (Å²) in [6, 6.07) is 5.07. The highest BCUT2D eigenvalue weighted by atomic mass is 16.5. The molecule has 148 valence electrons. The van der Waals surface area contributed by atoms with E-state index in [1.807, 2.05) is 0 Å². The van der Waals surface area contributed by atoms with Crippen LogP contribution in [0.15, 0.2) is 36.8 Å². The SMILES string of the molecule is CCOC(=O)[C@H]1CCCN(C(=O)Cn2cc(NC(=O)c3ccccn3)cn2)C1. The number of pyridine rings is 1. The molecule has 1 fully saturated rings. The Morgan fingerprint density at radius 1 is 1.32 bits per heavy atom. The number of nitrogens with one attached hydrogen (secondary N) is 1. The Hall–Kier alpha value is -3.23. The fourth-order valence-electron chi connectivity index (χ4n) is 3.10. The first-order valence-electron chi connectivity index (χ1n) is 9.26. The van der Waals surface area contributed by atoms with Gasteiger partial charge in [-0.3, -0.25) is 24.0 Å². The molecule has 0 aromatic carbocycles. The summed E-state index contributed by atoms with van der Waals surface area (Å²) < 4.78 is 6.53. The fraction of sp³-hybridized carbons (Fsp3) is 0.421. The number of ether oxygens (including phenoxy) is 1. The summed E-state index contributed by atoms with van der Waals surface area (Å²) in [6.07, 6.45) is 6.10.